The van der Waals surface area contributed by atoms with E-state index in [1.54, 1.807) is 0 Å². The maximum absolute atomic E-state index is 12.4. The van der Waals surface area contributed by atoms with Gasteiger partial charge in [0.05, 0.1) is 7.11 Å². The molecule has 6 nitrogen and oxygen atoms in total. The van der Waals surface area contributed by atoms with Gasteiger partial charge in [-0.2, -0.15) is 0 Å². The number of rotatable bonds is 7. The normalized spacial score (nSPS) is 10.9. The minimum Gasteiger partial charge on any atom is -0.496 e. The van der Waals surface area contributed by atoms with Crippen molar-refractivity contribution in [1.82, 2.24) is 5.32 Å². The van der Waals surface area contributed by atoms with E-state index in [9.17, 15) is 22.8 Å². The van der Waals surface area contributed by atoms with Crippen molar-refractivity contribution in [1.29, 1.82) is 0 Å². The molecule has 1 N–H and O–H groups in total. The number of carbonyl (C=O) groups is 2. The van der Waals surface area contributed by atoms with Crippen LogP contribution in [-0.2, 0) is 16.1 Å². The maximum Gasteiger partial charge on any atom is 0.573 e. The van der Waals surface area contributed by atoms with Crippen LogP contribution in [0.4, 0.5) is 13.2 Å². The summed E-state index contributed by atoms with van der Waals surface area (Å²) in [5, 5.41) is 2.63. The minimum absolute atomic E-state index is 0.0340. The number of benzene rings is 2. The summed E-state index contributed by atoms with van der Waals surface area (Å²) in [6.07, 6.45) is -4.86. The molecule has 0 bridgehead atoms. The Morgan fingerprint density at radius 1 is 1.11 bits per heavy atom. The second-order valence-electron chi connectivity index (χ2n) is 5.35. The average Bonchev–Trinajstić information content (AvgIpc) is 2.64. The van der Waals surface area contributed by atoms with Gasteiger partial charge in [-0.1, -0.05) is 29.8 Å². The summed E-state index contributed by atoms with van der Waals surface area (Å²) < 4.78 is 51.0. The van der Waals surface area contributed by atoms with Crippen LogP contribution >= 0.6 is 11.6 Å². The van der Waals surface area contributed by atoms with Crippen molar-refractivity contribution in [2.24, 2.45) is 0 Å². The third-order valence-electron chi connectivity index (χ3n) is 3.39. The largest absolute Gasteiger partial charge is 0.573 e. The first-order valence-electron chi connectivity index (χ1n) is 7.80. The number of carbonyl (C=O) groups excluding carboxylic acids is 2. The monoisotopic (exact) mass is 417 g/mol. The molecule has 2 rings (SSSR count). The molecule has 2 aromatic rings. The first-order chi connectivity index (χ1) is 13.2. The van der Waals surface area contributed by atoms with Gasteiger partial charge >= 0.3 is 12.3 Å². The van der Waals surface area contributed by atoms with Crippen LogP contribution in [0.1, 0.15) is 15.9 Å². The van der Waals surface area contributed by atoms with Crippen molar-refractivity contribution in [3.05, 3.63) is 58.6 Å². The van der Waals surface area contributed by atoms with Crippen LogP contribution in [0.5, 0.6) is 11.5 Å². The van der Waals surface area contributed by atoms with Crippen molar-refractivity contribution in [2.45, 2.75) is 12.9 Å². The minimum atomic E-state index is -4.86. The highest BCUT2D eigenvalue weighted by Crippen LogP contribution is 2.26. The molecule has 2 aromatic carbocycles. The van der Waals surface area contributed by atoms with Gasteiger partial charge in [0, 0.05) is 17.1 Å². The Bertz CT molecular complexity index is 857. The van der Waals surface area contributed by atoms with Gasteiger partial charge in [0.1, 0.15) is 17.1 Å². The lowest BCUT2D eigenvalue weighted by molar-refractivity contribution is -0.274. The molecule has 0 unspecified atom stereocenters. The Kier molecular flexibility index (Phi) is 7.11. The fourth-order valence-corrected chi connectivity index (χ4v) is 2.34. The van der Waals surface area contributed by atoms with E-state index in [2.05, 4.69) is 10.1 Å². The second kappa shape index (κ2) is 9.32. The summed E-state index contributed by atoms with van der Waals surface area (Å²) >= 11 is 5.82. The van der Waals surface area contributed by atoms with E-state index >= 15 is 0 Å². The van der Waals surface area contributed by atoms with Crippen LogP contribution in [0.2, 0.25) is 5.02 Å². The van der Waals surface area contributed by atoms with E-state index in [0.29, 0.717) is 0 Å². The number of esters is 1. The summed E-state index contributed by atoms with van der Waals surface area (Å²) in [6, 6.07) is 9.67. The fourth-order valence-electron chi connectivity index (χ4n) is 2.17. The fraction of sp³-hybridized carbons (Fsp3) is 0.222. The number of alkyl halides is 3. The lowest BCUT2D eigenvalue weighted by Gasteiger charge is -2.14. The molecule has 0 aliphatic heterocycles. The number of ether oxygens (including phenoxy) is 3. The van der Waals surface area contributed by atoms with Crippen molar-refractivity contribution in [2.75, 3.05) is 13.7 Å². The molecule has 0 aliphatic rings. The Morgan fingerprint density at radius 3 is 2.50 bits per heavy atom. The molecule has 10 heteroatoms. The number of hydrogen-bond acceptors (Lipinski definition) is 5. The zero-order valence-corrected chi connectivity index (χ0v) is 15.3. The van der Waals surface area contributed by atoms with Crippen LogP contribution < -0.4 is 14.8 Å². The standard InChI is InChI=1S/C18H15ClF3NO5/c1-26-15-7-6-12(19)8-13(15)17(25)27-10-16(24)23-9-11-4-2-3-5-14(11)28-18(20,21)22/h2-8H,9-10H2,1H3,(H,23,24). The number of para-hydroxylation sites is 1. The highest BCUT2D eigenvalue weighted by molar-refractivity contribution is 6.31. The summed E-state index contributed by atoms with van der Waals surface area (Å²) in [5.74, 6) is -1.77. The van der Waals surface area contributed by atoms with E-state index in [-0.39, 0.29) is 28.4 Å². The lowest BCUT2D eigenvalue weighted by Crippen LogP contribution is -2.29. The molecule has 0 atom stereocenters. The number of methoxy groups -OCH3 is 1. The Hall–Kier alpha value is -2.94. The molecule has 0 saturated heterocycles. The van der Waals surface area contributed by atoms with Crippen molar-refractivity contribution < 1.29 is 37.0 Å². The summed E-state index contributed by atoms with van der Waals surface area (Å²) in [6.45, 7) is -0.889. The van der Waals surface area contributed by atoms with Gasteiger partial charge in [-0.25, -0.2) is 4.79 Å². The van der Waals surface area contributed by atoms with E-state index in [4.69, 9.17) is 21.1 Å². The molecule has 0 radical (unpaired) electrons. The third-order valence-corrected chi connectivity index (χ3v) is 3.63. The predicted molar refractivity (Wildman–Crippen MR) is 93.3 cm³/mol. The summed E-state index contributed by atoms with van der Waals surface area (Å²) in [4.78, 5) is 23.9. The number of halogens is 4. The molecule has 0 fully saturated rings. The van der Waals surface area contributed by atoms with Crippen molar-refractivity contribution in [3.63, 3.8) is 0 Å². The number of amides is 1. The number of hydrogen-bond donors (Lipinski definition) is 1. The van der Waals surface area contributed by atoms with Crippen molar-refractivity contribution in [3.8, 4) is 11.5 Å². The molecule has 28 heavy (non-hydrogen) atoms. The molecule has 0 spiro atoms. The molecule has 150 valence electrons. The Labute approximate surface area is 163 Å². The Balaban J connectivity index is 1.92. The molecular formula is C18H15ClF3NO5. The quantitative estimate of drug-likeness (QED) is 0.695. The van der Waals surface area contributed by atoms with Crippen LogP contribution in [0.25, 0.3) is 0 Å². The van der Waals surface area contributed by atoms with Gasteiger partial charge in [-0.15, -0.1) is 13.2 Å². The summed E-state index contributed by atoms with van der Waals surface area (Å²) in [7, 11) is 1.35. The van der Waals surface area contributed by atoms with Gasteiger partial charge in [0.25, 0.3) is 5.91 Å². The molecule has 0 heterocycles. The Morgan fingerprint density at radius 2 is 1.82 bits per heavy atom. The third kappa shape index (κ3) is 6.34. The topological polar surface area (TPSA) is 73.9 Å². The van der Waals surface area contributed by atoms with E-state index in [1.165, 1.54) is 43.5 Å². The maximum atomic E-state index is 12.4. The van der Waals surface area contributed by atoms with Crippen LogP contribution in [-0.4, -0.2) is 32.0 Å². The highest BCUT2D eigenvalue weighted by Gasteiger charge is 2.32. The highest BCUT2D eigenvalue weighted by atomic mass is 35.5. The predicted octanol–water partition coefficient (Wildman–Crippen LogP) is 3.72. The zero-order valence-electron chi connectivity index (χ0n) is 14.5. The van der Waals surface area contributed by atoms with Crippen LogP contribution in [0.3, 0.4) is 0 Å². The van der Waals surface area contributed by atoms with E-state index < -0.39 is 30.6 Å². The molecule has 0 saturated carbocycles. The number of nitrogens with one attached hydrogen (secondary N) is 1. The first kappa shape index (κ1) is 21.4. The molecule has 0 aliphatic carbocycles. The molecule has 0 aromatic heterocycles. The average molecular weight is 418 g/mol. The first-order valence-corrected chi connectivity index (χ1v) is 8.18. The van der Waals surface area contributed by atoms with E-state index in [1.807, 2.05) is 0 Å². The summed E-state index contributed by atoms with van der Waals surface area (Å²) in [5.41, 5.74) is 0.141. The van der Waals surface area contributed by atoms with Crippen molar-refractivity contribution >= 4 is 23.5 Å². The second-order valence-corrected chi connectivity index (χ2v) is 5.79. The van der Waals surface area contributed by atoms with Crippen LogP contribution in [0, 0.1) is 0 Å². The van der Waals surface area contributed by atoms with Gasteiger partial charge in [-0.05, 0) is 24.3 Å². The van der Waals surface area contributed by atoms with Gasteiger partial charge in [0.2, 0.25) is 0 Å². The van der Waals surface area contributed by atoms with Crippen LogP contribution in [0.15, 0.2) is 42.5 Å². The smallest absolute Gasteiger partial charge is 0.496 e. The van der Waals surface area contributed by atoms with E-state index in [0.717, 1.165) is 6.07 Å². The SMILES string of the molecule is COc1ccc(Cl)cc1C(=O)OCC(=O)NCc1ccccc1OC(F)(F)F. The zero-order chi connectivity index (χ0) is 20.7. The molecule has 1 amide bonds. The van der Waals surface area contributed by atoms with Gasteiger partial charge < -0.3 is 19.5 Å². The lowest BCUT2D eigenvalue weighted by atomic mass is 10.2. The molecular weight excluding hydrogens is 403 g/mol. The van der Waals surface area contributed by atoms with Gasteiger partial charge in [0.15, 0.2) is 6.61 Å². The van der Waals surface area contributed by atoms with Gasteiger partial charge in [-0.3, -0.25) is 4.79 Å².